The minimum absolute atomic E-state index is 0. The van der Waals surface area contributed by atoms with Gasteiger partial charge < -0.3 is 5.48 Å². The molecular weight excluding hydrogens is 491 g/mol. The maximum Gasteiger partial charge on any atom is 0.191 e. The maximum absolute atomic E-state index is 14.1. The highest BCUT2D eigenvalue weighted by atomic mass is 32.2. The standard InChI is InChI=1S/C28H23FN4O2S.H2O/c29-21-7-9-22(10-8-21)33-26-14-20-6-11-23(36(35)24-4-3-12-30-18-24)16-28(20,15-19(26)17-32-33)27(34)25-5-1-2-13-31-25;/h1-5,7-10,12-14,17-18,23H,6,11,15-16H2;1H2/t23-,28-,36?;/m0./s1. The molecule has 0 spiro atoms. The Kier molecular flexibility index (Phi) is 6.66. The van der Waals surface area contributed by atoms with Crippen molar-refractivity contribution in [3.8, 4) is 5.69 Å². The van der Waals surface area contributed by atoms with E-state index in [9.17, 15) is 13.4 Å². The molecule has 1 fully saturated rings. The molecule has 0 bridgehead atoms. The van der Waals surface area contributed by atoms with E-state index < -0.39 is 16.2 Å². The summed E-state index contributed by atoms with van der Waals surface area (Å²) >= 11 is 0. The van der Waals surface area contributed by atoms with E-state index in [1.807, 2.05) is 12.1 Å². The molecule has 0 radical (unpaired) electrons. The third-order valence-electron chi connectivity index (χ3n) is 7.19. The summed E-state index contributed by atoms with van der Waals surface area (Å²) in [5.74, 6) is -0.361. The summed E-state index contributed by atoms with van der Waals surface area (Å²) in [5, 5.41) is 4.39. The summed E-state index contributed by atoms with van der Waals surface area (Å²) < 4.78 is 28.8. The molecule has 1 saturated carbocycles. The van der Waals surface area contributed by atoms with E-state index in [4.69, 9.17) is 0 Å². The lowest BCUT2D eigenvalue weighted by atomic mass is 9.61. The van der Waals surface area contributed by atoms with Crippen molar-refractivity contribution >= 4 is 22.7 Å². The molecule has 1 unspecified atom stereocenters. The number of Topliss-reactive ketones (excluding diaryl/α,β-unsaturated/α-hetero) is 1. The van der Waals surface area contributed by atoms with E-state index >= 15 is 0 Å². The molecular formula is C28H25FN4O3S. The first kappa shape index (κ1) is 24.9. The number of nitrogens with zero attached hydrogens (tertiary/aromatic N) is 4. The number of hydrogen-bond acceptors (Lipinski definition) is 5. The first-order valence-corrected chi connectivity index (χ1v) is 13.1. The Morgan fingerprint density at radius 3 is 2.62 bits per heavy atom. The van der Waals surface area contributed by atoms with Crippen molar-refractivity contribution in [1.29, 1.82) is 0 Å². The topological polar surface area (TPSA) is 109 Å². The van der Waals surface area contributed by atoms with Crippen LogP contribution in [-0.4, -0.2) is 40.5 Å². The average Bonchev–Trinajstić information content (AvgIpc) is 3.34. The number of benzene rings is 1. The lowest BCUT2D eigenvalue weighted by Crippen LogP contribution is -2.45. The number of carbonyl (C=O) groups excluding carboxylic acids is 1. The highest BCUT2D eigenvalue weighted by molar-refractivity contribution is 7.85. The second-order valence-corrected chi connectivity index (χ2v) is 11.0. The maximum atomic E-state index is 14.1. The first-order valence-electron chi connectivity index (χ1n) is 11.9. The van der Waals surface area contributed by atoms with Crippen molar-refractivity contribution in [3.05, 3.63) is 108 Å². The van der Waals surface area contributed by atoms with Crippen LogP contribution in [0.1, 0.15) is 41.0 Å². The molecule has 3 aromatic heterocycles. The number of allylic oxidation sites excluding steroid dienone is 1. The van der Waals surface area contributed by atoms with Crippen molar-refractivity contribution in [3.63, 3.8) is 0 Å². The lowest BCUT2D eigenvalue weighted by Gasteiger charge is -2.43. The highest BCUT2D eigenvalue weighted by Gasteiger charge is 2.50. The van der Waals surface area contributed by atoms with Gasteiger partial charge in [0.05, 0.1) is 38.7 Å². The molecule has 0 aliphatic heterocycles. The number of carbonyl (C=O) groups is 1. The molecule has 1 aromatic carbocycles. The van der Waals surface area contributed by atoms with E-state index in [2.05, 4.69) is 21.1 Å². The largest absolute Gasteiger partial charge is 0.412 e. The van der Waals surface area contributed by atoms with Gasteiger partial charge in [-0.3, -0.25) is 19.0 Å². The SMILES string of the molecule is O.O=C(c1ccccn1)[C@]12Cc3cnn(-c4ccc(F)cc4)c3C=C1CC[C@H](S(=O)c1cccnc1)C2. The third-order valence-corrected chi connectivity index (χ3v) is 8.90. The van der Waals surface area contributed by atoms with Gasteiger partial charge in [0, 0.05) is 23.8 Å². The Balaban J connectivity index is 0.00000280. The average molecular weight is 517 g/mol. The van der Waals surface area contributed by atoms with Gasteiger partial charge in [-0.2, -0.15) is 5.10 Å². The summed E-state index contributed by atoms with van der Waals surface area (Å²) in [5.41, 5.74) is 3.15. The fourth-order valence-electron chi connectivity index (χ4n) is 5.44. The predicted molar refractivity (Wildman–Crippen MR) is 138 cm³/mol. The number of fused-ring (bicyclic) bond motifs is 2. The molecule has 9 heteroatoms. The molecule has 0 amide bonds. The summed E-state index contributed by atoms with van der Waals surface area (Å²) in [4.78, 5) is 23.3. The quantitative estimate of drug-likeness (QED) is 0.370. The van der Waals surface area contributed by atoms with Crippen molar-refractivity contribution in [2.75, 3.05) is 0 Å². The Labute approximate surface area is 215 Å². The van der Waals surface area contributed by atoms with Crippen LogP contribution in [0, 0.1) is 11.2 Å². The number of rotatable bonds is 5. The number of pyridine rings is 2. The van der Waals surface area contributed by atoms with Crippen LogP contribution in [0.4, 0.5) is 4.39 Å². The zero-order valence-corrected chi connectivity index (χ0v) is 20.7. The number of aromatic nitrogens is 4. The van der Waals surface area contributed by atoms with Gasteiger partial charge in [-0.15, -0.1) is 0 Å². The highest BCUT2D eigenvalue weighted by Crippen LogP contribution is 2.51. The Morgan fingerprint density at radius 1 is 1.05 bits per heavy atom. The van der Waals surface area contributed by atoms with Gasteiger partial charge in [-0.1, -0.05) is 11.6 Å². The number of halogens is 1. The monoisotopic (exact) mass is 516 g/mol. The van der Waals surface area contributed by atoms with Crippen molar-refractivity contribution in [2.24, 2.45) is 5.41 Å². The van der Waals surface area contributed by atoms with E-state index in [-0.39, 0.29) is 22.3 Å². The van der Waals surface area contributed by atoms with Crippen LogP contribution in [0.2, 0.25) is 0 Å². The van der Waals surface area contributed by atoms with Crippen molar-refractivity contribution < 1.29 is 18.9 Å². The molecule has 2 N–H and O–H groups in total. The molecule has 3 atom stereocenters. The van der Waals surface area contributed by atoms with Crippen LogP contribution in [0.15, 0.2) is 89.9 Å². The fraction of sp³-hybridized carbons (Fsp3) is 0.214. The van der Waals surface area contributed by atoms with Crippen LogP contribution in [0.3, 0.4) is 0 Å². The van der Waals surface area contributed by atoms with Gasteiger partial charge in [0.2, 0.25) is 0 Å². The van der Waals surface area contributed by atoms with E-state index in [0.717, 1.165) is 22.5 Å². The molecule has 4 aromatic rings. The Hall–Kier alpha value is -3.82. The smallest absolute Gasteiger partial charge is 0.191 e. The van der Waals surface area contributed by atoms with Crippen LogP contribution >= 0.6 is 0 Å². The molecule has 6 rings (SSSR count). The first-order chi connectivity index (χ1) is 17.5. The molecule has 188 valence electrons. The van der Waals surface area contributed by atoms with Crippen molar-refractivity contribution in [2.45, 2.75) is 35.8 Å². The molecule has 2 aliphatic rings. The van der Waals surface area contributed by atoms with Crippen LogP contribution in [0.5, 0.6) is 0 Å². The predicted octanol–water partition coefficient (Wildman–Crippen LogP) is 4.15. The van der Waals surface area contributed by atoms with Crippen LogP contribution in [0.25, 0.3) is 11.8 Å². The number of hydrogen-bond donors (Lipinski definition) is 0. The summed E-state index contributed by atoms with van der Waals surface area (Å²) in [6, 6.07) is 15.2. The van der Waals surface area contributed by atoms with Gasteiger partial charge in [0.1, 0.15) is 11.5 Å². The lowest BCUT2D eigenvalue weighted by molar-refractivity contribution is 0.0797. The molecule has 3 heterocycles. The second kappa shape index (κ2) is 9.91. The van der Waals surface area contributed by atoms with E-state index in [1.54, 1.807) is 59.8 Å². The Morgan fingerprint density at radius 2 is 1.89 bits per heavy atom. The van der Waals surface area contributed by atoms with Gasteiger partial charge >= 0.3 is 0 Å². The molecule has 0 saturated heterocycles. The van der Waals surface area contributed by atoms with Crippen molar-refractivity contribution in [1.82, 2.24) is 19.7 Å². The Bertz CT molecular complexity index is 1490. The molecule has 7 nitrogen and oxygen atoms in total. The van der Waals surface area contributed by atoms with Gasteiger partial charge in [0.25, 0.3) is 0 Å². The van der Waals surface area contributed by atoms with Gasteiger partial charge in [-0.25, -0.2) is 9.07 Å². The number of ketones is 1. The summed E-state index contributed by atoms with van der Waals surface area (Å²) in [6.45, 7) is 0. The zero-order chi connectivity index (χ0) is 24.7. The van der Waals surface area contributed by atoms with Crippen LogP contribution < -0.4 is 0 Å². The van der Waals surface area contributed by atoms with E-state index in [0.29, 0.717) is 36.3 Å². The normalized spacial score (nSPS) is 21.1. The molecule has 2 aliphatic carbocycles. The minimum atomic E-state index is -1.29. The minimum Gasteiger partial charge on any atom is -0.412 e. The summed E-state index contributed by atoms with van der Waals surface area (Å²) in [6.07, 6.45) is 11.0. The van der Waals surface area contributed by atoms with Crippen LogP contribution in [-0.2, 0) is 17.2 Å². The zero-order valence-electron chi connectivity index (χ0n) is 19.9. The second-order valence-electron chi connectivity index (χ2n) is 9.27. The third kappa shape index (κ3) is 4.34. The fourth-order valence-corrected chi connectivity index (χ4v) is 6.97. The van der Waals surface area contributed by atoms with Gasteiger partial charge in [0.15, 0.2) is 5.78 Å². The van der Waals surface area contributed by atoms with Gasteiger partial charge in [-0.05, 0) is 85.9 Å². The molecule has 37 heavy (non-hydrogen) atoms. The van der Waals surface area contributed by atoms with E-state index in [1.165, 1.54) is 12.1 Å². The summed E-state index contributed by atoms with van der Waals surface area (Å²) in [7, 11) is -1.29.